The molecule has 0 aromatic heterocycles. The van der Waals surface area contributed by atoms with Crippen molar-refractivity contribution in [3.8, 4) is 11.5 Å². The molecule has 0 fully saturated rings. The maximum absolute atomic E-state index is 12.7. The first kappa shape index (κ1) is 24.1. The van der Waals surface area contributed by atoms with Gasteiger partial charge in [0.25, 0.3) is 11.8 Å². The molecule has 0 aliphatic heterocycles. The summed E-state index contributed by atoms with van der Waals surface area (Å²) in [5.41, 5.74) is 2.57. The molecule has 172 valence electrons. The van der Waals surface area contributed by atoms with E-state index in [0.29, 0.717) is 53.0 Å². The van der Waals surface area contributed by atoms with Crippen LogP contribution in [0.15, 0.2) is 66.7 Å². The molecule has 2 amide bonds. The summed E-state index contributed by atoms with van der Waals surface area (Å²) in [4.78, 5) is 26.9. The van der Waals surface area contributed by atoms with Crippen molar-refractivity contribution in [2.45, 2.75) is 20.5 Å². The highest BCUT2D eigenvalue weighted by molar-refractivity contribution is 6.30. The Balaban J connectivity index is 1.66. The highest BCUT2D eigenvalue weighted by Crippen LogP contribution is 2.29. The van der Waals surface area contributed by atoms with Crippen molar-refractivity contribution in [2.75, 3.05) is 25.5 Å². The molecule has 0 saturated carbocycles. The van der Waals surface area contributed by atoms with Crippen LogP contribution < -0.4 is 14.8 Å². The third-order valence-corrected chi connectivity index (χ3v) is 5.43. The minimum Gasteiger partial charge on any atom is -0.493 e. The van der Waals surface area contributed by atoms with Crippen LogP contribution in [-0.2, 0) is 6.61 Å². The second-order valence-corrected chi connectivity index (χ2v) is 7.73. The Labute approximate surface area is 199 Å². The van der Waals surface area contributed by atoms with E-state index in [4.69, 9.17) is 21.1 Å². The van der Waals surface area contributed by atoms with Crippen LogP contribution in [-0.4, -0.2) is 36.9 Å². The predicted molar refractivity (Wildman–Crippen MR) is 130 cm³/mol. The van der Waals surface area contributed by atoms with E-state index in [-0.39, 0.29) is 11.8 Å². The zero-order valence-electron chi connectivity index (χ0n) is 18.9. The lowest BCUT2D eigenvalue weighted by Gasteiger charge is -2.18. The molecule has 3 aromatic rings. The normalized spacial score (nSPS) is 10.4. The Morgan fingerprint density at radius 3 is 2.12 bits per heavy atom. The number of hydrogen-bond acceptors (Lipinski definition) is 4. The number of hydrogen-bond donors (Lipinski definition) is 1. The molecular weight excluding hydrogens is 440 g/mol. The second kappa shape index (κ2) is 11.4. The molecule has 0 aliphatic carbocycles. The number of carbonyl (C=O) groups excluding carboxylic acids is 2. The first-order valence-electron chi connectivity index (χ1n) is 10.7. The number of halogens is 1. The fourth-order valence-corrected chi connectivity index (χ4v) is 3.39. The summed E-state index contributed by atoms with van der Waals surface area (Å²) in [5, 5.41) is 3.51. The summed E-state index contributed by atoms with van der Waals surface area (Å²) >= 11 is 5.91. The third kappa shape index (κ3) is 6.26. The van der Waals surface area contributed by atoms with E-state index in [9.17, 15) is 9.59 Å². The van der Waals surface area contributed by atoms with Gasteiger partial charge >= 0.3 is 0 Å². The van der Waals surface area contributed by atoms with Gasteiger partial charge in [-0.3, -0.25) is 9.59 Å². The van der Waals surface area contributed by atoms with E-state index in [0.717, 1.165) is 5.56 Å². The van der Waals surface area contributed by atoms with Crippen molar-refractivity contribution < 1.29 is 19.1 Å². The maximum atomic E-state index is 12.7. The van der Waals surface area contributed by atoms with Crippen LogP contribution in [0.2, 0.25) is 5.02 Å². The van der Waals surface area contributed by atoms with Crippen molar-refractivity contribution in [1.29, 1.82) is 0 Å². The smallest absolute Gasteiger partial charge is 0.255 e. The monoisotopic (exact) mass is 466 g/mol. The highest BCUT2D eigenvalue weighted by Gasteiger charge is 2.14. The van der Waals surface area contributed by atoms with Crippen LogP contribution in [0, 0.1) is 0 Å². The highest BCUT2D eigenvalue weighted by atomic mass is 35.5. The zero-order valence-corrected chi connectivity index (χ0v) is 19.7. The summed E-state index contributed by atoms with van der Waals surface area (Å²) in [6.07, 6.45) is 0. The largest absolute Gasteiger partial charge is 0.493 e. The number of nitrogens with zero attached hydrogens (tertiary/aromatic N) is 1. The fraction of sp³-hybridized carbons (Fsp3) is 0.231. The molecule has 6 nitrogen and oxygen atoms in total. The Hall–Kier alpha value is -3.51. The van der Waals surface area contributed by atoms with E-state index in [2.05, 4.69) is 5.32 Å². The number of nitrogens with one attached hydrogen (secondary N) is 1. The third-order valence-electron chi connectivity index (χ3n) is 5.17. The average Bonchev–Trinajstić information content (AvgIpc) is 2.84. The lowest BCUT2D eigenvalue weighted by molar-refractivity contribution is 0.0773. The molecule has 0 spiro atoms. The fourth-order valence-electron chi connectivity index (χ4n) is 3.26. The Kier molecular flexibility index (Phi) is 8.33. The Morgan fingerprint density at radius 2 is 1.52 bits per heavy atom. The predicted octanol–water partition coefficient (Wildman–Crippen LogP) is 5.66. The van der Waals surface area contributed by atoms with E-state index < -0.39 is 0 Å². The lowest BCUT2D eigenvalue weighted by Crippen LogP contribution is -2.30. The average molecular weight is 467 g/mol. The number of anilines is 1. The van der Waals surface area contributed by atoms with E-state index >= 15 is 0 Å². The zero-order chi connectivity index (χ0) is 23.8. The van der Waals surface area contributed by atoms with Gasteiger partial charge in [-0.2, -0.15) is 0 Å². The summed E-state index contributed by atoms with van der Waals surface area (Å²) in [6, 6.07) is 19.2. The van der Waals surface area contributed by atoms with Crippen molar-refractivity contribution in [3.05, 3.63) is 88.4 Å². The molecule has 7 heteroatoms. The minimum atomic E-state index is -0.291. The number of ether oxygens (including phenoxy) is 2. The molecule has 0 bridgehead atoms. The first-order chi connectivity index (χ1) is 15.9. The maximum Gasteiger partial charge on any atom is 0.255 e. The summed E-state index contributed by atoms with van der Waals surface area (Å²) in [6.45, 7) is 5.53. The SMILES string of the molecule is CCN(CC)C(=O)c1ccc(NC(=O)c2ccc(OCc3ccc(Cl)cc3)c(OC)c2)cc1. The van der Waals surface area contributed by atoms with E-state index in [1.807, 2.05) is 26.0 Å². The molecule has 0 unspecified atom stereocenters. The van der Waals surface area contributed by atoms with Crippen LogP contribution in [0.25, 0.3) is 0 Å². The second-order valence-electron chi connectivity index (χ2n) is 7.29. The van der Waals surface area contributed by atoms with Gasteiger partial charge in [-0.05, 0) is 74.0 Å². The van der Waals surface area contributed by atoms with Gasteiger partial charge in [0.15, 0.2) is 11.5 Å². The summed E-state index contributed by atoms with van der Waals surface area (Å²) in [5.74, 6) is 0.664. The van der Waals surface area contributed by atoms with Crippen LogP contribution in [0.4, 0.5) is 5.69 Å². The molecule has 0 heterocycles. The first-order valence-corrected chi connectivity index (χ1v) is 11.1. The van der Waals surface area contributed by atoms with Crippen molar-refractivity contribution >= 4 is 29.1 Å². The van der Waals surface area contributed by atoms with E-state index in [1.54, 1.807) is 59.5 Å². The van der Waals surface area contributed by atoms with Gasteiger partial charge in [0.05, 0.1) is 7.11 Å². The Morgan fingerprint density at radius 1 is 0.879 bits per heavy atom. The molecule has 3 aromatic carbocycles. The van der Waals surface area contributed by atoms with Crippen LogP contribution in [0.3, 0.4) is 0 Å². The minimum absolute atomic E-state index is 0.0307. The van der Waals surface area contributed by atoms with Crippen molar-refractivity contribution in [2.24, 2.45) is 0 Å². The van der Waals surface area contributed by atoms with Gasteiger partial charge < -0.3 is 19.7 Å². The molecule has 33 heavy (non-hydrogen) atoms. The van der Waals surface area contributed by atoms with Gasteiger partial charge in [-0.15, -0.1) is 0 Å². The van der Waals surface area contributed by atoms with Gasteiger partial charge in [0.1, 0.15) is 6.61 Å². The summed E-state index contributed by atoms with van der Waals surface area (Å²) < 4.78 is 11.3. The molecule has 0 atom stereocenters. The number of amides is 2. The van der Waals surface area contributed by atoms with Crippen molar-refractivity contribution in [3.63, 3.8) is 0 Å². The number of carbonyl (C=O) groups is 2. The van der Waals surface area contributed by atoms with Crippen LogP contribution in [0.1, 0.15) is 40.1 Å². The number of methoxy groups -OCH3 is 1. The number of rotatable bonds is 9. The van der Waals surface area contributed by atoms with Crippen LogP contribution >= 0.6 is 11.6 Å². The van der Waals surface area contributed by atoms with Crippen LogP contribution in [0.5, 0.6) is 11.5 Å². The van der Waals surface area contributed by atoms with Gasteiger partial charge in [-0.25, -0.2) is 0 Å². The summed E-state index contributed by atoms with van der Waals surface area (Å²) in [7, 11) is 1.53. The number of benzene rings is 3. The molecule has 0 saturated heterocycles. The van der Waals surface area contributed by atoms with E-state index in [1.165, 1.54) is 7.11 Å². The molecule has 1 N–H and O–H groups in total. The Bertz CT molecular complexity index is 1090. The quantitative estimate of drug-likeness (QED) is 0.441. The van der Waals surface area contributed by atoms with Gasteiger partial charge in [-0.1, -0.05) is 23.7 Å². The van der Waals surface area contributed by atoms with Gasteiger partial charge in [0.2, 0.25) is 0 Å². The molecular formula is C26H27ClN2O4. The molecule has 0 radical (unpaired) electrons. The molecule has 3 rings (SSSR count). The standard InChI is InChI=1S/C26H27ClN2O4/c1-4-29(5-2)26(31)19-8-13-22(14-9-19)28-25(30)20-10-15-23(24(16-20)32-3)33-17-18-6-11-21(27)12-7-18/h6-16H,4-5,17H2,1-3H3,(H,28,30). The lowest BCUT2D eigenvalue weighted by atomic mass is 10.1. The van der Waals surface area contributed by atoms with Crippen molar-refractivity contribution in [1.82, 2.24) is 4.90 Å². The van der Waals surface area contributed by atoms with Gasteiger partial charge in [0, 0.05) is 34.9 Å². The molecule has 0 aliphatic rings. The topological polar surface area (TPSA) is 67.9 Å².